The van der Waals surface area contributed by atoms with E-state index in [0.29, 0.717) is 10.8 Å². The summed E-state index contributed by atoms with van der Waals surface area (Å²) in [6.07, 6.45) is -0.688. The molecule has 2 aromatic carbocycles. The van der Waals surface area contributed by atoms with Gasteiger partial charge in [0.15, 0.2) is 6.10 Å². The second kappa shape index (κ2) is 5.37. The van der Waals surface area contributed by atoms with Crippen molar-refractivity contribution < 1.29 is 13.9 Å². The van der Waals surface area contributed by atoms with Crippen LogP contribution >= 0.6 is 11.6 Å². The Hall–Kier alpha value is -2.07. The van der Waals surface area contributed by atoms with Gasteiger partial charge in [0, 0.05) is 10.6 Å². The van der Waals surface area contributed by atoms with Crippen LogP contribution in [-0.4, -0.2) is 12.0 Å². The van der Waals surface area contributed by atoms with Crippen molar-refractivity contribution in [2.75, 3.05) is 4.90 Å². The molecule has 1 aliphatic heterocycles. The molecule has 0 fully saturated rings. The van der Waals surface area contributed by atoms with Crippen LogP contribution in [-0.2, 0) is 11.3 Å². The highest BCUT2D eigenvalue weighted by Crippen LogP contribution is 2.31. The first kappa shape index (κ1) is 13.9. The van der Waals surface area contributed by atoms with Crippen molar-refractivity contribution in [3.63, 3.8) is 0 Å². The maximum Gasteiger partial charge on any atom is 0.268 e. The number of halogens is 2. The van der Waals surface area contributed by atoms with Crippen LogP contribution in [0.4, 0.5) is 10.1 Å². The smallest absolute Gasteiger partial charge is 0.268 e. The Morgan fingerprint density at radius 1 is 1.29 bits per heavy atom. The lowest BCUT2D eigenvalue weighted by molar-refractivity contribution is -0.124. The third kappa shape index (κ3) is 2.59. The summed E-state index contributed by atoms with van der Waals surface area (Å²) in [6, 6.07) is 11.5. The van der Waals surface area contributed by atoms with Gasteiger partial charge in [0.05, 0.1) is 12.2 Å². The molecule has 0 unspecified atom stereocenters. The van der Waals surface area contributed by atoms with E-state index in [4.69, 9.17) is 16.3 Å². The van der Waals surface area contributed by atoms with Crippen LogP contribution in [0, 0.1) is 5.82 Å². The van der Waals surface area contributed by atoms with Gasteiger partial charge in [-0.25, -0.2) is 4.39 Å². The summed E-state index contributed by atoms with van der Waals surface area (Å²) in [5, 5.41) is 0.380. The Balaban J connectivity index is 2.09. The van der Waals surface area contributed by atoms with Crippen LogP contribution in [0.3, 0.4) is 0 Å². The van der Waals surface area contributed by atoms with Crippen LogP contribution in [0.2, 0.25) is 5.02 Å². The molecule has 3 rings (SSSR count). The fourth-order valence-electron chi connectivity index (χ4n) is 2.35. The SMILES string of the molecule is C[C@H]1Oc2ccccc2CN(c2cc(Cl)ccc2F)C1=O. The zero-order valence-corrected chi connectivity index (χ0v) is 12.1. The van der Waals surface area contributed by atoms with Gasteiger partial charge in [-0.1, -0.05) is 29.8 Å². The van der Waals surface area contributed by atoms with Gasteiger partial charge in [0.2, 0.25) is 0 Å². The number of carbonyl (C=O) groups is 1. The first-order valence-electron chi connectivity index (χ1n) is 6.57. The minimum atomic E-state index is -0.688. The fraction of sp³-hybridized carbons (Fsp3) is 0.188. The molecule has 1 atom stereocenters. The molecular formula is C16H13ClFNO2. The molecular weight excluding hydrogens is 293 g/mol. The number of rotatable bonds is 1. The van der Waals surface area contributed by atoms with Gasteiger partial charge in [0.25, 0.3) is 5.91 Å². The summed E-state index contributed by atoms with van der Waals surface area (Å²) in [4.78, 5) is 13.8. The Labute approximate surface area is 126 Å². The molecule has 0 saturated carbocycles. The molecule has 108 valence electrons. The minimum absolute atomic E-state index is 0.166. The van der Waals surface area contributed by atoms with E-state index in [0.717, 1.165) is 5.56 Å². The molecule has 1 amide bonds. The molecule has 21 heavy (non-hydrogen) atoms. The van der Waals surface area contributed by atoms with Crippen molar-refractivity contribution in [2.24, 2.45) is 0 Å². The summed E-state index contributed by atoms with van der Waals surface area (Å²) in [7, 11) is 0. The second-order valence-corrected chi connectivity index (χ2v) is 5.32. The average Bonchev–Trinajstić information content (AvgIpc) is 2.59. The molecule has 0 spiro atoms. The zero-order valence-electron chi connectivity index (χ0n) is 11.3. The lowest BCUT2D eigenvalue weighted by Crippen LogP contribution is -2.38. The molecule has 0 aliphatic carbocycles. The Bertz CT molecular complexity index is 704. The van der Waals surface area contributed by atoms with Crippen LogP contribution in [0.5, 0.6) is 5.75 Å². The van der Waals surface area contributed by atoms with E-state index in [1.165, 1.54) is 23.1 Å². The number of carbonyl (C=O) groups excluding carboxylic acids is 1. The Morgan fingerprint density at radius 2 is 2.05 bits per heavy atom. The zero-order chi connectivity index (χ0) is 15.0. The van der Waals surface area contributed by atoms with Crippen LogP contribution in [0.1, 0.15) is 12.5 Å². The highest BCUT2D eigenvalue weighted by Gasteiger charge is 2.30. The van der Waals surface area contributed by atoms with E-state index in [-0.39, 0.29) is 18.1 Å². The van der Waals surface area contributed by atoms with E-state index in [1.54, 1.807) is 13.0 Å². The summed E-state index contributed by atoms with van der Waals surface area (Å²) >= 11 is 5.93. The normalized spacial score (nSPS) is 18.0. The predicted molar refractivity (Wildman–Crippen MR) is 79.1 cm³/mol. The third-order valence-corrected chi connectivity index (χ3v) is 3.65. The summed E-state index contributed by atoms with van der Waals surface area (Å²) in [6.45, 7) is 1.90. The molecule has 3 nitrogen and oxygen atoms in total. The maximum atomic E-state index is 14.1. The number of hydrogen-bond acceptors (Lipinski definition) is 2. The highest BCUT2D eigenvalue weighted by atomic mass is 35.5. The molecule has 0 bridgehead atoms. The first-order chi connectivity index (χ1) is 10.1. The van der Waals surface area contributed by atoms with Gasteiger partial charge in [-0.05, 0) is 31.2 Å². The molecule has 0 saturated heterocycles. The average molecular weight is 306 g/mol. The van der Waals surface area contributed by atoms with Gasteiger partial charge in [-0.3, -0.25) is 4.79 Å². The molecule has 1 heterocycles. The van der Waals surface area contributed by atoms with Crippen LogP contribution in [0.15, 0.2) is 42.5 Å². The molecule has 0 radical (unpaired) electrons. The molecule has 2 aromatic rings. The van der Waals surface area contributed by atoms with Crippen LogP contribution < -0.4 is 9.64 Å². The number of anilines is 1. The third-order valence-electron chi connectivity index (χ3n) is 3.42. The topological polar surface area (TPSA) is 29.5 Å². The van der Waals surface area contributed by atoms with Crippen molar-refractivity contribution in [3.8, 4) is 5.75 Å². The van der Waals surface area contributed by atoms with Gasteiger partial charge in [-0.2, -0.15) is 0 Å². The van der Waals surface area contributed by atoms with E-state index in [2.05, 4.69) is 0 Å². The van der Waals surface area contributed by atoms with Crippen molar-refractivity contribution >= 4 is 23.2 Å². The van der Waals surface area contributed by atoms with E-state index >= 15 is 0 Å². The van der Waals surface area contributed by atoms with Gasteiger partial charge >= 0.3 is 0 Å². The number of nitrogens with zero attached hydrogens (tertiary/aromatic N) is 1. The summed E-state index contributed by atoms with van der Waals surface area (Å²) < 4.78 is 19.7. The monoisotopic (exact) mass is 305 g/mol. The largest absolute Gasteiger partial charge is 0.481 e. The van der Waals surface area contributed by atoms with Gasteiger partial charge in [0.1, 0.15) is 11.6 Å². The number of amides is 1. The number of ether oxygens (including phenoxy) is 1. The first-order valence-corrected chi connectivity index (χ1v) is 6.95. The van der Waals surface area contributed by atoms with Crippen molar-refractivity contribution in [2.45, 2.75) is 19.6 Å². The van der Waals surface area contributed by atoms with Crippen LogP contribution in [0.25, 0.3) is 0 Å². The number of hydrogen-bond donors (Lipinski definition) is 0. The molecule has 1 aliphatic rings. The quantitative estimate of drug-likeness (QED) is 0.802. The van der Waals surface area contributed by atoms with E-state index in [9.17, 15) is 9.18 Å². The maximum absolute atomic E-state index is 14.1. The molecule has 0 N–H and O–H groups in total. The lowest BCUT2D eigenvalue weighted by atomic mass is 10.1. The Kier molecular flexibility index (Phi) is 3.55. The van der Waals surface area contributed by atoms with Crippen molar-refractivity contribution in [1.82, 2.24) is 0 Å². The Morgan fingerprint density at radius 3 is 2.86 bits per heavy atom. The fourth-order valence-corrected chi connectivity index (χ4v) is 2.52. The molecule has 0 aromatic heterocycles. The highest BCUT2D eigenvalue weighted by molar-refractivity contribution is 6.31. The standard InChI is InChI=1S/C16H13ClFNO2/c1-10-16(20)19(14-8-12(17)6-7-13(14)18)9-11-4-2-3-5-15(11)21-10/h2-8,10H,9H2,1H3/t10-/m1/s1. The van der Waals surface area contributed by atoms with E-state index in [1.807, 2.05) is 18.2 Å². The summed E-state index contributed by atoms with van der Waals surface area (Å²) in [5.41, 5.74) is 0.995. The second-order valence-electron chi connectivity index (χ2n) is 4.89. The molecule has 5 heteroatoms. The van der Waals surface area contributed by atoms with E-state index < -0.39 is 11.9 Å². The number of para-hydroxylation sites is 1. The lowest BCUT2D eigenvalue weighted by Gasteiger charge is -2.23. The van der Waals surface area contributed by atoms with Crippen molar-refractivity contribution in [3.05, 3.63) is 58.9 Å². The minimum Gasteiger partial charge on any atom is -0.481 e. The predicted octanol–water partition coefficient (Wildman–Crippen LogP) is 3.79. The summed E-state index contributed by atoms with van der Waals surface area (Å²) in [5.74, 6) is -0.144. The number of benzene rings is 2. The number of fused-ring (bicyclic) bond motifs is 1. The van der Waals surface area contributed by atoms with Gasteiger partial charge in [-0.15, -0.1) is 0 Å². The van der Waals surface area contributed by atoms with Crippen molar-refractivity contribution in [1.29, 1.82) is 0 Å². The van der Waals surface area contributed by atoms with Gasteiger partial charge < -0.3 is 9.64 Å².